The number of likely N-dealkylation sites (tertiary alicyclic amines) is 1. The summed E-state index contributed by atoms with van der Waals surface area (Å²) in [5, 5.41) is 0. The van der Waals surface area contributed by atoms with Gasteiger partial charge in [0.05, 0.1) is 12.4 Å². The van der Waals surface area contributed by atoms with Gasteiger partial charge in [-0.05, 0) is 36.8 Å². The molecule has 1 fully saturated rings. The summed E-state index contributed by atoms with van der Waals surface area (Å²) in [7, 11) is 0. The number of aromatic nitrogens is 2. The average molecular weight is 330 g/mol. The first-order chi connectivity index (χ1) is 11.6. The number of amides is 1. The molecule has 0 bridgehead atoms. The molecular formula is C18H23FN4O. The summed E-state index contributed by atoms with van der Waals surface area (Å²) in [6.45, 7) is 1.38. The van der Waals surface area contributed by atoms with E-state index in [1.807, 2.05) is 17.0 Å². The van der Waals surface area contributed by atoms with Gasteiger partial charge in [0.1, 0.15) is 5.82 Å². The number of H-pyrrole nitrogens is 1. The Morgan fingerprint density at radius 2 is 2.12 bits per heavy atom. The maximum Gasteiger partial charge on any atom is 0.239 e. The van der Waals surface area contributed by atoms with Crippen molar-refractivity contribution in [2.24, 2.45) is 11.7 Å². The zero-order valence-electron chi connectivity index (χ0n) is 13.6. The van der Waals surface area contributed by atoms with E-state index < -0.39 is 6.04 Å². The molecule has 6 heteroatoms. The van der Waals surface area contributed by atoms with Crippen LogP contribution in [0, 0.1) is 11.7 Å². The van der Waals surface area contributed by atoms with E-state index in [1.54, 1.807) is 18.6 Å². The summed E-state index contributed by atoms with van der Waals surface area (Å²) in [5.74, 6) is 0.251. The number of hydrogen-bond acceptors (Lipinski definition) is 3. The number of nitrogens with two attached hydrogens (primary N) is 1. The van der Waals surface area contributed by atoms with Crippen LogP contribution in [-0.2, 0) is 17.6 Å². The van der Waals surface area contributed by atoms with Gasteiger partial charge in [0, 0.05) is 31.4 Å². The van der Waals surface area contributed by atoms with Crippen LogP contribution in [0.2, 0.25) is 0 Å². The molecule has 0 radical (unpaired) electrons. The first-order valence-electron chi connectivity index (χ1n) is 8.38. The molecule has 128 valence electrons. The van der Waals surface area contributed by atoms with Crippen molar-refractivity contribution in [2.75, 3.05) is 13.1 Å². The average Bonchev–Trinajstić information content (AvgIpc) is 3.10. The van der Waals surface area contributed by atoms with Crippen molar-refractivity contribution in [1.29, 1.82) is 0 Å². The molecule has 1 aliphatic rings. The molecule has 0 spiro atoms. The summed E-state index contributed by atoms with van der Waals surface area (Å²) in [5.41, 5.74) is 7.66. The van der Waals surface area contributed by atoms with E-state index in [0.29, 0.717) is 25.4 Å². The van der Waals surface area contributed by atoms with Crippen molar-refractivity contribution in [1.82, 2.24) is 14.9 Å². The second-order valence-corrected chi connectivity index (χ2v) is 6.45. The molecule has 2 aromatic rings. The number of halogens is 1. The molecule has 0 saturated carbocycles. The Labute approximate surface area is 141 Å². The number of hydrogen-bond donors (Lipinski definition) is 2. The fourth-order valence-electron chi connectivity index (χ4n) is 3.29. The van der Waals surface area contributed by atoms with Crippen LogP contribution in [0.15, 0.2) is 36.8 Å². The van der Waals surface area contributed by atoms with Crippen LogP contribution in [-0.4, -0.2) is 39.9 Å². The lowest BCUT2D eigenvalue weighted by Crippen LogP contribution is -2.48. The Hall–Kier alpha value is -2.21. The Morgan fingerprint density at radius 3 is 2.79 bits per heavy atom. The molecular weight excluding hydrogens is 307 g/mol. The minimum atomic E-state index is -0.548. The van der Waals surface area contributed by atoms with Gasteiger partial charge in [-0.15, -0.1) is 0 Å². The third-order valence-electron chi connectivity index (χ3n) is 4.70. The molecule has 24 heavy (non-hydrogen) atoms. The third kappa shape index (κ3) is 4.00. The standard InChI is InChI=1S/C18H23FN4O/c19-16-4-2-1-3-14(16)9-13-5-7-23(8-6-13)18(24)17(20)10-15-11-21-12-22-15/h1-4,11-13,17H,5-10,20H2,(H,21,22)/t17-/m1/s1. The lowest BCUT2D eigenvalue weighted by Gasteiger charge is -2.33. The van der Waals surface area contributed by atoms with Gasteiger partial charge in [-0.2, -0.15) is 0 Å². The van der Waals surface area contributed by atoms with Gasteiger partial charge in [0.2, 0.25) is 5.91 Å². The first-order valence-corrected chi connectivity index (χ1v) is 8.38. The van der Waals surface area contributed by atoms with Gasteiger partial charge in [0.15, 0.2) is 0 Å². The van der Waals surface area contributed by atoms with Crippen molar-refractivity contribution >= 4 is 5.91 Å². The Morgan fingerprint density at radius 1 is 1.38 bits per heavy atom. The number of piperidine rings is 1. The largest absolute Gasteiger partial charge is 0.348 e. The van der Waals surface area contributed by atoms with Crippen LogP contribution < -0.4 is 5.73 Å². The van der Waals surface area contributed by atoms with Crippen LogP contribution in [0.3, 0.4) is 0 Å². The summed E-state index contributed by atoms with van der Waals surface area (Å²) < 4.78 is 13.7. The second kappa shape index (κ2) is 7.57. The molecule has 1 atom stereocenters. The molecule has 0 aliphatic carbocycles. The Bertz CT molecular complexity index is 665. The van der Waals surface area contributed by atoms with E-state index in [2.05, 4.69) is 9.97 Å². The van der Waals surface area contributed by atoms with E-state index in [1.165, 1.54) is 6.07 Å². The highest BCUT2D eigenvalue weighted by molar-refractivity contribution is 5.82. The van der Waals surface area contributed by atoms with E-state index in [4.69, 9.17) is 5.73 Å². The monoisotopic (exact) mass is 330 g/mol. The van der Waals surface area contributed by atoms with Gasteiger partial charge in [-0.1, -0.05) is 18.2 Å². The molecule has 3 N–H and O–H groups in total. The van der Waals surface area contributed by atoms with Crippen LogP contribution in [0.25, 0.3) is 0 Å². The van der Waals surface area contributed by atoms with Crippen molar-refractivity contribution in [3.05, 3.63) is 53.9 Å². The SMILES string of the molecule is N[C@H](Cc1cnc[nH]1)C(=O)N1CCC(Cc2ccccc2F)CC1. The number of nitrogens with one attached hydrogen (secondary N) is 1. The highest BCUT2D eigenvalue weighted by atomic mass is 19.1. The van der Waals surface area contributed by atoms with Crippen molar-refractivity contribution < 1.29 is 9.18 Å². The lowest BCUT2D eigenvalue weighted by atomic mass is 9.89. The van der Waals surface area contributed by atoms with Gasteiger partial charge in [-0.25, -0.2) is 9.37 Å². The molecule has 1 aliphatic heterocycles. The smallest absolute Gasteiger partial charge is 0.239 e. The fourth-order valence-corrected chi connectivity index (χ4v) is 3.29. The molecule has 2 heterocycles. The van der Waals surface area contributed by atoms with Gasteiger partial charge in [-0.3, -0.25) is 4.79 Å². The van der Waals surface area contributed by atoms with Crippen molar-refractivity contribution in [3.8, 4) is 0 Å². The third-order valence-corrected chi connectivity index (χ3v) is 4.70. The number of imidazole rings is 1. The summed E-state index contributed by atoms with van der Waals surface area (Å²) >= 11 is 0. The number of rotatable bonds is 5. The first kappa shape index (κ1) is 16.6. The van der Waals surface area contributed by atoms with Crippen molar-refractivity contribution in [2.45, 2.75) is 31.7 Å². The van der Waals surface area contributed by atoms with Crippen LogP contribution >= 0.6 is 0 Å². The van der Waals surface area contributed by atoms with E-state index in [-0.39, 0.29) is 11.7 Å². The maximum absolute atomic E-state index is 13.7. The predicted octanol–water partition coefficient (Wildman–Crippen LogP) is 1.90. The molecule has 0 unspecified atom stereocenters. The number of nitrogens with zero attached hydrogens (tertiary/aromatic N) is 2. The summed E-state index contributed by atoms with van der Waals surface area (Å²) in [4.78, 5) is 21.2. The molecule has 3 rings (SSSR count). The van der Waals surface area contributed by atoms with Gasteiger partial charge < -0.3 is 15.6 Å². The van der Waals surface area contributed by atoms with Crippen LogP contribution in [0.5, 0.6) is 0 Å². The highest BCUT2D eigenvalue weighted by Gasteiger charge is 2.27. The number of aromatic amines is 1. The molecule has 1 amide bonds. The Kier molecular flexibility index (Phi) is 5.25. The van der Waals surface area contributed by atoms with E-state index in [9.17, 15) is 9.18 Å². The lowest BCUT2D eigenvalue weighted by molar-refractivity contribution is -0.134. The topological polar surface area (TPSA) is 75.0 Å². The molecule has 1 aromatic carbocycles. The number of carbonyl (C=O) groups excluding carboxylic acids is 1. The Balaban J connectivity index is 1.49. The van der Waals surface area contributed by atoms with Crippen LogP contribution in [0.1, 0.15) is 24.1 Å². The highest BCUT2D eigenvalue weighted by Crippen LogP contribution is 2.23. The number of benzene rings is 1. The number of carbonyl (C=O) groups is 1. The fraction of sp³-hybridized carbons (Fsp3) is 0.444. The minimum Gasteiger partial charge on any atom is -0.348 e. The normalized spacial score (nSPS) is 17.0. The molecule has 5 nitrogen and oxygen atoms in total. The summed E-state index contributed by atoms with van der Waals surface area (Å²) in [6, 6.07) is 6.37. The zero-order valence-corrected chi connectivity index (χ0v) is 13.6. The second-order valence-electron chi connectivity index (χ2n) is 6.45. The minimum absolute atomic E-state index is 0.0195. The molecule has 1 saturated heterocycles. The zero-order chi connectivity index (χ0) is 16.9. The quantitative estimate of drug-likeness (QED) is 0.879. The molecule has 1 aromatic heterocycles. The maximum atomic E-state index is 13.7. The predicted molar refractivity (Wildman–Crippen MR) is 89.7 cm³/mol. The van der Waals surface area contributed by atoms with Gasteiger partial charge >= 0.3 is 0 Å². The van der Waals surface area contributed by atoms with Crippen molar-refractivity contribution in [3.63, 3.8) is 0 Å². The van der Waals surface area contributed by atoms with Gasteiger partial charge in [0.25, 0.3) is 0 Å². The van der Waals surface area contributed by atoms with Crippen LogP contribution in [0.4, 0.5) is 4.39 Å². The summed E-state index contributed by atoms with van der Waals surface area (Å²) in [6.07, 6.45) is 6.24. The van der Waals surface area contributed by atoms with E-state index >= 15 is 0 Å². The van der Waals surface area contributed by atoms with E-state index in [0.717, 1.165) is 30.5 Å².